The predicted octanol–water partition coefficient (Wildman–Crippen LogP) is 2.09. The number of thiophene rings is 1. The Balaban J connectivity index is 3.23. The van der Waals surface area contributed by atoms with Crippen LogP contribution in [0.15, 0.2) is 10.3 Å². The van der Waals surface area contributed by atoms with Gasteiger partial charge in [-0.15, -0.1) is 22.9 Å². The fourth-order valence-electron chi connectivity index (χ4n) is 1.20. The maximum Gasteiger partial charge on any atom is 0.241 e. The molecule has 0 spiro atoms. The van der Waals surface area contributed by atoms with Crippen molar-refractivity contribution in [3.05, 3.63) is 15.8 Å². The monoisotopic (exact) mass is 253 g/mol. The molecular weight excluding hydrogens is 242 g/mol. The third-order valence-corrected chi connectivity index (χ3v) is 5.15. The highest BCUT2D eigenvalue weighted by atomic mass is 35.5. The number of sulfonamides is 1. The van der Waals surface area contributed by atoms with E-state index >= 15 is 0 Å². The van der Waals surface area contributed by atoms with E-state index in [1.165, 1.54) is 11.3 Å². The van der Waals surface area contributed by atoms with Crippen LogP contribution in [0, 0.1) is 6.92 Å². The van der Waals surface area contributed by atoms with Gasteiger partial charge in [0.2, 0.25) is 10.0 Å². The molecule has 0 saturated carbocycles. The first-order valence-electron chi connectivity index (χ1n) is 4.15. The molecule has 1 N–H and O–H groups in total. The summed E-state index contributed by atoms with van der Waals surface area (Å²) in [6.07, 6.45) is 0. The van der Waals surface area contributed by atoms with Crippen molar-refractivity contribution >= 4 is 33.0 Å². The summed E-state index contributed by atoms with van der Waals surface area (Å²) in [5, 5.41) is 1.81. The second-order valence-corrected chi connectivity index (χ2v) is 5.74. The number of rotatable bonds is 4. The lowest BCUT2D eigenvalue weighted by Gasteiger charge is -2.05. The van der Waals surface area contributed by atoms with E-state index in [9.17, 15) is 8.42 Å². The first kappa shape index (κ1) is 12.0. The highest BCUT2D eigenvalue weighted by Crippen LogP contribution is 2.27. The van der Waals surface area contributed by atoms with E-state index < -0.39 is 10.0 Å². The smallest absolute Gasteiger partial charge is 0.211 e. The summed E-state index contributed by atoms with van der Waals surface area (Å²) in [5.41, 5.74) is 0.756. The van der Waals surface area contributed by atoms with Gasteiger partial charge in [-0.1, -0.05) is 6.92 Å². The normalized spacial score (nSPS) is 11.9. The van der Waals surface area contributed by atoms with Crippen LogP contribution in [0.4, 0.5) is 0 Å². The number of hydrogen-bond acceptors (Lipinski definition) is 3. The van der Waals surface area contributed by atoms with Gasteiger partial charge in [-0.3, -0.25) is 0 Å². The molecule has 3 nitrogen and oxygen atoms in total. The maximum absolute atomic E-state index is 11.7. The van der Waals surface area contributed by atoms with Crippen molar-refractivity contribution in [1.29, 1.82) is 0 Å². The number of nitrogens with one attached hydrogen (secondary N) is 1. The summed E-state index contributed by atoms with van der Waals surface area (Å²) in [5.74, 6) is 0.235. The standard InChI is InChI=1S/C8H12ClNO2S2/c1-3-10-14(11,12)8-6(2)5-13-7(8)4-9/h5,10H,3-4H2,1-2H3. The number of hydrogen-bond donors (Lipinski definition) is 1. The first-order valence-corrected chi connectivity index (χ1v) is 7.05. The molecule has 0 saturated heterocycles. The van der Waals surface area contributed by atoms with Gasteiger partial charge in [0.05, 0.1) is 10.8 Å². The summed E-state index contributed by atoms with van der Waals surface area (Å²) in [6.45, 7) is 3.91. The van der Waals surface area contributed by atoms with Crippen molar-refractivity contribution in [3.63, 3.8) is 0 Å². The molecule has 0 atom stereocenters. The molecule has 1 aromatic heterocycles. The van der Waals surface area contributed by atoms with Gasteiger partial charge in [0.25, 0.3) is 0 Å². The van der Waals surface area contributed by atoms with Gasteiger partial charge >= 0.3 is 0 Å². The minimum absolute atomic E-state index is 0.235. The zero-order valence-electron chi connectivity index (χ0n) is 8.00. The van der Waals surface area contributed by atoms with Gasteiger partial charge < -0.3 is 0 Å². The van der Waals surface area contributed by atoms with Gasteiger partial charge in [0, 0.05) is 11.4 Å². The molecule has 0 unspecified atom stereocenters. The van der Waals surface area contributed by atoms with E-state index in [0.29, 0.717) is 16.3 Å². The van der Waals surface area contributed by atoms with Gasteiger partial charge in [0.1, 0.15) is 0 Å². The number of aryl methyl sites for hydroxylation is 1. The summed E-state index contributed by atoms with van der Waals surface area (Å²) in [4.78, 5) is 1.05. The fraction of sp³-hybridized carbons (Fsp3) is 0.500. The quantitative estimate of drug-likeness (QED) is 0.836. The predicted molar refractivity (Wildman–Crippen MR) is 59.5 cm³/mol. The molecule has 0 radical (unpaired) electrons. The summed E-state index contributed by atoms with van der Waals surface area (Å²) < 4.78 is 25.9. The van der Waals surface area contributed by atoms with Crippen molar-refractivity contribution in [2.75, 3.05) is 6.54 Å². The molecule has 0 amide bonds. The van der Waals surface area contributed by atoms with Crippen LogP contribution in [0.25, 0.3) is 0 Å². The lowest BCUT2D eigenvalue weighted by Crippen LogP contribution is -2.24. The van der Waals surface area contributed by atoms with Gasteiger partial charge in [-0.25, -0.2) is 13.1 Å². The zero-order chi connectivity index (χ0) is 10.8. The third-order valence-electron chi connectivity index (χ3n) is 1.71. The Morgan fingerprint density at radius 1 is 1.57 bits per heavy atom. The molecule has 0 fully saturated rings. The van der Waals surface area contributed by atoms with Gasteiger partial charge in [-0.05, 0) is 17.9 Å². The van der Waals surface area contributed by atoms with E-state index in [1.54, 1.807) is 13.8 Å². The Bertz CT molecular complexity index is 411. The Kier molecular flexibility index (Phi) is 3.94. The van der Waals surface area contributed by atoms with E-state index in [1.807, 2.05) is 5.38 Å². The van der Waals surface area contributed by atoms with Crippen LogP contribution in [-0.4, -0.2) is 15.0 Å². The molecule has 80 valence electrons. The number of halogens is 1. The molecule has 1 heterocycles. The molecule has 6 heteroatoms. The van der Waals surface area contributed by atoms with Crippen LogP contribution < -0.4 is 4.72 Å². The second kappa shape index (κ2) is 4.61. The average molecular weight is 254 g/mol. The molecule has 0 aliphatic carbocycles. The zero-order valence-corrected chi connectivity index (χ0v) is 10.4. The average Bonchev–Trinajstić information content (AvgIpc) is 2.47. The Morgan fingerprint density at radius 3 is 2.71 bits per heavy atom. The van der Waals surface area contributed by atoms with Crippen molar-refractivity contribution in [2.45, 2.75) is 24.6 Å². The fourth-order valence-corrected chi connectivity index (χ4v) is 4.30. The van der Waals surface area contributed by atoms with Crippen LogP contribution in [0.2, 0.25) is 0 Å². The largest absolute Gasteiger partial charge is 0.241 e. The van der Waals surface area contributed by atoms with Gasteiger partial charge in [-0.2, -0.15) is 0 Å². The van der Waals surface area contributed by atoms with E-state index in [-0.39, 0.29) is 5.88 Å². The van der Waals surface area contributed by atoms with Crippen LogP contribution in [0.3, 0.4) is 0 Å². The third kappa shape index (κ3) is 2.28. The molecule has 0 aromatic carbocycles. The van der Waals surface area contributed by atoms with Gasteiger partial charge in [0.15, 0.2) is 0 Å². The summed E-state index contributed by atoms with van der Waals surface area (Å²) in [6, 6.07) is 0. The Hall–Kier alpha value is -0.100. The molecule has 0 aliphatic rings. The minimum Gasteiger partial charge on any atom is -0.211 e. The molecule has 0 aliphatic heterocycles. The minimum atomic E-state index is -3.36. The van der Waals surface area contributed by atoms with Crippen molar-refractivity contribution in [2.24, 2.45) is 0 Å². The SMILES string of the molecule is CCNS(=O)(=O)c1c(C)csc1CCl. The Labute approximate surface area is 93.1 Å². The van der Waals surface area contributed by atoms with Crippen LogP contribution >= 0.6 is 22.9 Å². The molecule has 1 aromatic rings. The maximum atomic E-state index is 11.7. The van der Waals surface area contributed by atoms with E-state index in [4.69, 9.17) is 11.6 Å². The van der Waals surface area contributed by atoms with Crippen molar-refractivity contribution in [3.8, 4) is 0 Å². The summed E-state index contributed by atoms with van der Waals surface area (Å²) >= 11 is 7.05. The van der Waals surface area contributed by atoms with E-state index in [2.05, 4.69) is 4.72 Å². The van der Waals surface area contributed by atoms with Crippen LogP contribution in [-0.2, 0) is 15.9 Å². The molecule has 0 bridgehead atoms. The number of alkyl halides is 1. The van der Waals surface area contributed by atoms with Crippen molar-refractivity contribution < 1.29 is 8.42 Å². The van der Waals surface area contributed by atoms with Crippen molar-refractivity contribution in [1.82, 2.24) is 4.72 Å². The molecule has 14 heavy (non-hydrogen) atoms. The topological polar surface area (TPSA) is 46.2 Å². The molecule has 1 rings (SSSR count). The van der Waals surface area contributed by atoms with E-state index in [0.717, 1.165) is 5.56 Å². The lowest BCUT2D eigenvalue weighted by molar-refractivity contribution is 0.583. The first-order chi connectivity index (χ1) is 6.53. The van der Waals surface area contributed by atoms with Crippen LogP contribution in [0.5, 0.6) is 0 Å². The summed E-state index contributed by atoms with van der Waals surface area (Å²) in [7, 11) is -3.36. The highest BCUT2D eigenvalue weighted by Gasteiger charge is 2.21. The Morgan fingerprint density at radius 2 is 2.21 bits per heavy atom. The molecular formula is C8H12ClNO2S2. The second-order valence-electron chi connectivity index (χ2n) is 2.81. The van der Waals surface area contributed by atoms with Crippen LogP contribution in [0.1, 0.15) is 17.4 Å². The highest BCUT2D eigenvalue weighted by molar-refractivity contribution is 7.89. The lowest BCUT2D eigenvalue weighted by atomic mass is 10.3.